The fourth-order valence-corrected chi connectivity index (χ4v) is 1.49. The first-order chi connectivity index (χ1) is 6.14. The molecule has 0 aromatic carbocycles. The minimum absolute atomic E-state index is 0.0485. The van der Waals surface area contributed by atoms with Crippen LogP contribution in [-0.2, 0) is 9.47 Å². The summed E-state index contributed by atoms with van der Waals surface area (Å²) in [6.45, 7) is 1.94. The van der Waals surface area contributed by atoms with Crippen LogP contribution in [0.4, 0.5) is 0 Å². The first-order valence-corrected chi connectivity index (χ1v) is 4.38. The molecule has 0 radical (unpaired) electrons. The third kappa shape index (κ3) is 1.92. The van der Waals surface area contributed by atoms with E-state index in [1.165, 1.54) is 0 Å². The van der Waals surface area contributed by atoms with Gasteiger partial charge in [-0.05, 0) is 13.0 Å². The Hall–Kier alpha value is -0.800. The van der Waals surface area contributed by atoms with Gasteiger partial charge in [0.25, 0.3) is 0 Å². The average molecular weight is 183 g/mol. The van der Waals surface area contributed by atoms with E-state index in [0.29, 0.717) is 6.42 Å². The number of hydrogen-bond acceptors (Lipinski definition) is 3. The van der Waals surface area contributed by atoms with Gasteiger partial charge in [0.15, 0.2) is 0 Å². The normalized spacial score (nSPS) is 29.7. The van der Waals surface area contributed by atoms with Crippen molar-refractivity contribution in [1.82, 2.24) is 0 Å². The monoisotopic (exact) mass is 183 g/mol. The highest BCUT2D eigenvalue weighted by molar-refractivity contribution is 5.24. The summed E-state index contributed by atoms with van der Waals surface area (Å²) in [5.41, 5.74) is 5.47. The van der Waals surface area contributed by atoms with E-state index < -0.39 is 5.60 Å². The molecule has 2 unspecified atom stereocenters. The van der Waals surface area contributed by atoms with Crippen molar-refractivity contribution in [2.24, 2.45) is 5.73 Å². The Labute approximate surface area is 79.2 Å². The third-order valence-corrected chi connectivity index (χ3v) is 2.52. The third-order valence-electron chi connectivity index (χ3n) is 2.52. The highest BCUT2D eigenvalue weighted by Crippen LogP contribution is 2.28. The predicted molar refractivity (Wildman–Crippen MR) is 52.2 cm³/mol. The second-order valence-corrected chi connectivity index (χ2v) is 3.32. The van der Waals surface area contributed by atoms with Crippen molar-refractivity contribution in [2.45, 2.75) is 25.0 Å². The van der Waals surface area contributed by atoms with Crippen LogP contribution < -0.4 is 5.73 Å². The molecule has 1 rings (SSSR count). The smallest absolute Gasteiger partial charge is 0.108 e. The Kier molecular flexibility index (Phi) is 3.12. The van der Waals surface area contributed by atoms with Crippen molar-refractivity contribution in [1.29, 1.82) is 0 Å². The molecule has 0 saturated carbocycles. The quantitative estimate of drug-likeness (QED) is 0.715. The zero-order chi connectivity index (χ0) is 9.90. The molecule has 0 aliphatic heterocycles. The van der Waals surface area contributed by atoms with Crippen LogP contribution in [0.5, 0.6) is 0 Å². The minimum Gasteiger partial charge on any atom is -0.501 e. The van der Waals surface area contributed by atoms with Gasteiger partial charge in [-0.2, -0.15) is 0 Å². The van der Waals surface area contributed by atoms with Crippen molar-refractivity contribution in [3.63, 3.8) is 0 Å². The van der Waals surface area contributed by atoms with Crippen LogP contribution in [-0.4, -0.2) is 25.9 Å². The summed E-state index contributed by atoms with van der Waals surface area (Å²) < 4.78 is 10.6. The number of rotatable bonds is 3. The van der Waals surface area contributed by atoms with Crippen molar-refractivity contribution in [2.75, 3.05) is 14.2 Å². The minimum atomic E-state index is -0.403. The van der Waals surface area contributed by atoms with Crippen LogP contribution in [0.15, 0.2) is 24.0 Å². The summed E-state index contributed by atoms with van der Waals surface area (Å²) in [6, 6.07) is -0.0485. The molecule has 74 valence electrons. The number of ether oxygens (including phenoxy) is 2. The fraction of sp³-hybridized carbons (Fsp3) is 0.600. The number of nitrogens with two attached hydrogens (primary N) is 1. The van der Waals surface area contributed by atoms with Gasteiger partial charge in [0.1, 0.15) is 5.60 Å². The first-order valence-electron chi connectivity index (χ1n) is 4.38. The van der Waals surface area contributed by atoms with Gasteiger partial charge in [-0.3, -0.25) is 0 Å². The van der Waals surface area contributed by atoms with Crippen molar-refractivity contribution >= 4 is 0 Å². The standard InChI is InChI=1S/C10H17NO2/c1-8(11)10(13-3)6-4-5-9(7-10)12-2/h4-6,8H,7,11H2,1-3H3. The SMILES string of the molecule is COC1=CC=CC(OC)(C(C)N)C1. The molecule has 0 bridgehead atoms. The van der Waals surface area contributed by atoms with E-state index >= 15 is 0 Å². The maximum Gasteiger partial charge on any atom is 0.108 e. The van der Waals surface area contributed by atoms with Crippen LogP contribution in [0.25, 0.3) is 0 Å². The Morgan fingerprint density at radius 1 is 1.54 bits per heavy atom. The van der Waals surface area contributed by atoms with Gasteiger partial charge in [-0.15, -0.1) is 0 Å². The summed E-state index contributed by atoms with van der Waals surface area (Å²) >= 11 is 0. The van der Waals surface area contributed by atoms with Gasteiger partial charge >= 0.3 is 0 Å². The lowest BCUT2D eigenvalue weighted by molar-refractivity contribution is 0.00363. The van der Waals surface area contributed by atoms with Crippen LogP contribution in [0, 0.1) is 0 Å². The van der Waals surface area contributed by atoms with E-state index in [1.807, 2.05) is 25.2 Å². The summed E-state index contributed by atoms with van der Waals surface area (Å²) in [5.74, 6) is 0.904. The molecule has 3 nitrogen and oxygen atoms in total. The lowest BCUT2D eigenvalue weighted by atomic mass is 9.87. The highest BCUT2D eigenvalue weighted by Gasteiger charge is 2.34. The van der Waals surface area contributed by atoms with Crippen LogP contribution in [0.1, 0.15) is 13.3 Å². The van der Waals surface area contributed by atoms with E-state index in [-0.39, 0.29) is 6.04 Å². The maximum absolute atomic E-state index is 5.87. The molecule has 0 fully saturated rings. The summed E-state index contributed by atoms with van der Waals surface area (Å²) in [7, 11) is 3.33. The van der Waals surface area contributed by atoms with E-state index in [9.17, 15) is 0 Å². The Morgan fingerprint density at radius 3 is 2.69 bits per heavy atom. The molecule has 1 aliphatic carbocycles. The molecule has 2 atom stereocenters. The van der Waals surface area contributed by atoms with Gasteiger partial charge < -0.3 is 15.2 Å². The Bertz CT molecular complexity index is 233. The van der Waals surface area contributed by atoms with Crippen LogP contribution >= 0.6 is 0 Å². The largest absolute Gasteiger partial charge is 0.501 e. The highest BCUT2D eigenvalue weighted by atomic mass is 16.5. The predicted octanol–water partition coefficient (Wildman–Crippen LogP) is 1.21. The van der Waals surface area contributed by atoms with Crippen LogP contribution in [0.2, 0.25) is 0 Å². The maximum atomic E-state index is 5.87. The molecule has 0 heterocycles. The van der Waals surface area contributed by atoms with Gasteiger partial charge in [-0.1, -0.05) is 12.2 Å². The van der Waals surface area contributed by atoms with E-state index in [1.54, 1.807) is 14.2 Å². The van der Waals surface area contributed by atoms with Gasteiger partial charge in [0.2, 0.25) is 0 Å². The molecule has 0 spiro atoms. The molecule has 0 aromatic heterocycles. The molecular formula is C10H17NO2. The molecule has 2 N–H and O–H groups in total. The van der Waals surface area contributed by atoms with Crippen molar-refractivity contribution in [3.8, 4) is 0 Å². The zero-order valence-corrected chi connectivity index (χ0v) is 8.41. The Morgan fingerprint density at radius 2 is 2.23 bits per heavy atom. The van der Waals surface area contributed by atoms with Crippen molar-refractivity contribution < 1.29 is 9.47 Å². The van der Waals surface area contributed by atoms with Gasteiger partial charge in [-0.25, -0.2) is 0 Å². The van der Waals surface area contributed by atoms with E-state index in [2.05, 4.69) is 0 Å². The lowest BCUT2D eigenvalue weighted by Crippen LogP contribution is -2.47. The Balaban J connectivity index is 2.83. The summed E-state index contributed by atoms with van der Waals surface area (Å²) in [4.78, 5) is 0. The lowest BCUT2D eigenvalue weighted by Gasteiger charge is -2.35. The summed E-state index contributed by atoms with van der Waals surface area (Å²) in [5, 5.41) is 0. The molecule has 1 aliphatic rings. The fourth-order valence-electron chi connectivity index (χ4n) is 1.49. The second-order valence-electron chi connectivity index (χ2n) is 3.32. The molecule has 0 aromatic rings. The summed E-state index contributed by atoms with van der Waals surface area (Å²) in [6.07, 6.45) is 6.54. The number of allylic oxidation sites excluding steroid dienone is 2. The number of methoxy groups -OCH3 is 2. The molecule has 13 heavy (non-hydrogen) atoms. The average Bonchev–Trinajstić information content (AvgIpc) is 2.17. The molecule has 0 saturated heterocycles. The van der Waals surface area contributed by atoms with Crippen molar-refractivity contribution in [3.05, 3.63) is 24.0 Å². The van der Waals surface area contributed by atoms with Crippen LogP contribution in [0.3, 0.4) is 0 Å². The van der Waals surface area contributed by atoms with Gasteiger partial charge in [0.05, 0.1) is 12.9 Å². The first kappa shape index (κ1) is 10.3. The van der Waals surface area contributed by atoms with E-state index in [4.69, 9.17) is 15.2 Å². The van der Waals surface area contributed by atoms with E-state index in [0.717, 1.165) is 5.76 Å². The van der Waals surface area contributed by atoms with Gasteiger partial charge in [0, 0.05) is 19.6 Å². The molecular weight excluding hydrogens is 166 g/mol. The topological polar surface area (TPSA) is 44.5 Å². The number of hydrogen-bond donors (Lipinski definition) is 1. The zero-order valence-electron chi connectivity index (χ0n) is 8.41. The molecule has 3 heteroatoms. The molecule has 0 amide bonds. The second kappa shape index (κ2) is 3.94.